The highest BCUT2D eigenvalue weighted by Gasteiger charge is 2.61. The smallest absolute Gasteiger partial charge is 0.316 e. The number of hydrogen-bond donors (Lipinski definition) is 0. The molecule has 0 spiro atoms. The predicted molar refractivity (Wildman–Crippen MR) is 168 cm³/mol. The lowest BCUT2D eigenvalue weighted by Gasteiger charge is -2.45. The second-order valence-electron chi connectivity index (χ2n) is 12.2. The van der Waals surface area contributed by atoms with Crippen molar-refractivity contribution in [1.82, 2.24) is 0 Å². The molecule has 4 aromatic carbocycles. The summed E-state index contributed by atoms with van der Waals surface area (Å²) in [5.41, 5.74) is 4.75. The van der Waals surface area contributed by atoms with Gasteiger partial charge in [0.2, 0.25) is 17.7 Å². The van der Waals surface area contributed by atoms with Crippen molar-refractivity contribution in [3.63, 3.8) is 0 Å². The van der Waals surface area contributed by atoms with Crippen molar-refractivity contribution in [1.29, 1.82) is 0 Å². The van der Waals surface area contributed by atoms with Crippen LogP contribution >= 0.6 is 0 Å². The number of amides is 3. The SMILES string of the molecule is COc1cc([N+](=O)[O-])ccc1N1C[C@@H](C(=O)Oc2cccc(N3C(=O)[C@@H]4C5c6ccccc6C(c6ccccc65)[C@@H]4C3=O)c2)CC1=O. The predicted octanol–water partition coefficient (Wildman–Crippen LogP) is 4.96. The van der Waals surface area contributed by atoms with Crippen LogP contribution in [0, 0.1) is 27.9 Å². The van der Waals surface area contributed by atoms with Crippen molar-refractivity contribution in [2.24, 2.45) is 17.8 Å². The van der Waals surface area contributed by atoms with Gasteiger partial charge in [0.1, 0.15) is 11.5 Å². The Labute approximate surface area is 268 Å². The molecule has 3 atom stereocenters. The number of anilines is 2. The van der Waals surface area contributed by atoms with E-state index in [2.05, 4.69) is 0 Å². The summed E-state index contributed by atoms with van der Waals surface area (Å²) in [6.45, 7) is -0.0120. The van der Waals surface area contributed by atoms with Crippen LogP contribution in [0.3, 0.4) is 0 Å². The van der Waals surface area contributed by atoms with E-state index >= 15 is 0 Å². The Bertz CT molecular complexity index is 1930. The van der Waals surface area contributed by atoms with Crippen molar-refractivity contribution in [2.45, 2.75) is 18.3 Å². The minimum absolute atomic E-state index is 0.0120. The Morgan fingerprint density at radius 3 is 1.96 bits per heavy atom. The van der Waals surface area contributed by atoms with Crippen LogP contribution in [0.4, 0.5) is 17.1 Å². The summed E-state index contributed by atoms with van der Waals surface area (Å²) < 4.78 is 11.0. The van der Waals surface area contributed by atoms with E-state index in [4.69, 9.17) is 9.47 Å². The number of ether oxygens (including phenoxy) is 2. The quantitative estimate of drug-likeness (QED) is 0.0960. The highest BCUT2D eigenvalue weighted by atomic mass is 16.6. The number of carbonyl (C=O) groups excluding carboxylic acids is 4. The van der Waals surface area contributed by atoms with Gasteiger partial charge in [0.15, 0.2) is 0 Å². The highest BCUT2D eigenvalue weighted by molar-refractivity contribution is 6.23. The second kappa shape index (κ2) is 10.6. The molecule has 3 aliphatic carbocycles. The maximum absolute atomic E-state index is 14.1. The third-order valence-corrected chi connectivity index (χ3v) is 9.87. The molecule has 2 fully saturated rings. The van der Waals surface area contributed by atoms with Crippen molar-refractivity contribution < 1.29 is 33.6 Å². The molecule has 11 nitrogen and oxygen atoms in total. The summed E-state index contributed by atoms with van der Waals surface area (Å²) in [4.78, 5) is 67.6. The Morgan fingerprint density at radius 1 is 0.809 bits per heavy atom. The molecule has 4 aromatic rings. The van der Waals surface area contributed by atoms with E-state index in [0.717, 1.165) is 22.3 Å². The van der Waals surface area contributed by atoms with E-state index in [-0.39, 0.29) is 59.7 Å². The standard InChI is InChI=1S/C36H27N3O8/c1-46-28-17-21(39(44)45)13-14-27(28)37-18-19(15-29(37)40)36(43)47-22-8-6-7-20(16-22)38-34(41)32-30-23-9-2-3-10-24(23)31(33(32)35(38)42)26-12-5-4-11-25(26)30/h2-14,16-17,19,30-33H,15,18H2,1H3/t19-,30?,31?,32-,33+/m0/s1. The first-order valence-electron chi connectivity index (χ1n) is 15.3. The number of non-ortho nitro benzene ring substituents is 1. The van der Waals surface area contributed by atoms with E-state index < -0.39 is 28.6 Å². The minimum atomic E-state index is -0.823. The van der Waals surface area contributed by atoms with Crippen molar-refractivity contribution in [3.05, 3.63) is 123 Å². The zero-order valence-corrected chi connectivity index (χ0v) is 25.1. The molecule has 5 aliphatic rings. The lowest BCUT2D eigenvalue weighted by molar-refractivity contribution is -0.384. The van der Waals surface area contributed by atoms with Crippen LogP contribution in [0.15, 0.2) is 91.0 Å². The van der Waals surface area contributed by atoms with Crippen molar-refractivity contribution >= 4 is 40.8 Å². The van der Waals surface area contributed by atoms with Crippen molar-refractivity contribution in [3.8, 4) is 11.5 Å². The summed E-state index contributed by atoms with van der Waals surface area (Å²) in [5.74, 6) is -3.70. The van der Waals surface area contributed by atoms with E-state index in [0.29, 0.717) is 11.4 Å². The average molecular weight is 630 g/mol. The van der Waals surface area contributed by atoms with Gasteiger partial charge in [-0.1, -0.05) is 54.6 Å². The van der Waals surface area contributed by atoms with Crippen molar-refractivity contribution in [2.75, 3.05) is 23.5 Å². The molecule has 2 heterocycles. The third kappa shape index (κ3) is 4.26. The first-order chi connectivity index (χ1) is 22.8. The van der Waals surface area contributed by atoms with Gasteiger partial charge in [-0.15, -0.1) is 0 Å². The molecular weight excluding hydrogens is 602 g/mol. The van der Waals surface area contributed by atoms with E-state index in [9.17, 15) is 29.3 Å². The number of nitro groups is 1. The number of imide groups is 1. The monoisotopic (exact) mass is 629 g/mol. The molecule has 0 saturated carbocycles. The number of carbonyl (C=O) groups is 4. The van der Waals surface area contributed by atoms with Crippen LogP contribution in [0.5, 0.6) is 11.5 Å². The van der Waals surface area contributed by atoms with Crippen LogP contribution in [0.2, 0.25) is 0 Å². The first kappa shape index (κ1) is 28.6. The Balaban J connectivity index is 1.04. The fraction of sp³-hybridized carbons (Fsp3) is 0.222. The summed E-state index contributed by atoms with van der Waals surface area (Å²) in [7, 11) is 1.34. The number of nitrogens with zero attached hydrogens (tertiary/aromatic N) is 3. The number of esters is 1. The zero-order valence-electron chi connectivity index (χ0n) is 25.1. The summed E-state index contributed by atoms with van der Waals surface area (Å²) in [6.07, 6.45) is -0.130. The van der Waals surface area contributed by atoms with Gasteiger partial charge in [0.05, 0.1) is 47.2 Å². The van der Waals surface area contributed by atoms with Crippen LogP contribution in [-0.2, 0) is 19.2 Å². The molecule has 2 saturated heterocycles. The second-order valence-corrected chi connectivity index (χ2v) is 12.2. The van der Waals surface area contributed by atoms with Gasteiger partial charge in [-0.2, -0.15) is 0 Å². The summed E-state index contributed by atoms with van der Waals surface area (Å²) >= 11 is 0. The van der Waals surface area contributed by atoms with Gasteiger partial charge in [-0.05, 0) is 40.5 Å². The van der Waals surface area contributed by atoms with Crippen LogP contribution in [-0.4, -0.2) is 42.3 Å². The maximum Gasteiger partial charge on any atom is 0.316 e. The third-order valence-electron chi connectivity index (χ3n) is 9.87. The molecule has 0 radical (unpaired) electrons. The summed E-state index contributed by atoms with van der Waals surface area (Å²) in [6, 6.07) is 26.3. The molecule has 47 heavy (non-hydrogen) atoms. The molecule has 3 amide bonds. The molecular formula is C36H27N3O8. The van der Waals surface area contributed by atoms with E-state index in [1.165, 1.54) is 41.2 Å². The molecule has 0 unspecified atom stereocenters. The number of nitro benzene ring substituents is 1. The van der Waals surface area contributed by atoms with Gasteiger partial charge in [0, 0.05) is 36.9 Å². The fourth-order valence-electron chi connectivity index (χ4n) is 7.92. The Hall–Kier alpha value is -5.84. The van der Waals surface area contributed by atoms with Gasteiger partial charge >= 0.3 is 5.97 Å². The first-order valence-corrected chi connectivity index (χ1v) is 15.3. The number of methoxy groups -OCH3 is 1. The van der Waals surface area contributed by atoms with Gasteiger partial charge in [-0.25, -0.2) is 4.90 Å². The summed E-state index contributed by atoms with van der Waals surface area (Å²) in [5, 5.41) is 11.2. The molecule has 2 aliphatic heterocycles. The lowest BCUT2D eigenvalue weighted by Crippen LogP contribution is -2.41. The molecule has 234 valence electrons. The van der Waals surface area contributed by atoms with Crippen LogP contribution < -0.4 is 19.3 Å². The molecule has 2 bridgehead atoms. The van der Waals surface area contributed by atoms with E-state index in [1.807, 2.05) is 48.5 Å². The molecule has 9 rings (SSSR count). The zero-order chi connectivity index (χ0) is 32.6. The average Bonchev–Trinajstić information content (AvgIpc) is 3.60. The Morgan fingerprint density at radius 2 is 1.40 bits per heavy atom. The largest absolute Gasteiger partial charge is 0.494 e. The van der Waals surface area contributed by atoms with Gasteiger partial charge in [-0.3, -0.25) is 29.3 Å². The van der Waals surface area contributed by atoms with Crippen LogP contribution in [0.25, 0.3) is 0 Å². The van der Waals surface area contributed by atoms with Crippen LogP contribution in [0.1, 0.15) is 40.5 Å². The van der Waals surface area contributed by atoms with Gasteiger partial charge in [0.25, 0.3) is 5.69 Å². The number of hydrogen-bond acceptors (Lipinski definition) is 8. The highest BCUT2D eigenvalue weighted by Crippen LogP contribution is 2.61. The van der Waals surface area contributed by atoms with E-state index in [1.54, 1.807) is 18.2 Å². The number of benzene rings is 4. The van der Waals surface area contributed by atoms with Gasteiger partial charge < -0.3 is 14.4 Å². The molecule has 0 aromatic heterocycles. The fourth-order valence-corrected chi connectivity index (χ4v) is 7.92. The minimum Gasteiger partial charge on any atom is -0.494 e. The molecule has 0 N–H and O–H groups in total. The molecule has 11 heteroatoms. The lowest BCUT2D eigenvalue weighted by atomic mass is 9.55. The number of rotatable bonds is 6. The Kier molecular flexibility index (Phi) is 6.47. The topological polar surface area (TPSA) is 136 Å². The normalized spacial score (nSPS) is 23.8. The maximum atomic E-state index is 14.1.